The zero-order valence-electron chi connectivity index (χ0n) is 29.5. The summed E-state index contributed by atoms with van der Waals surface area (Å²) >= 11 is 0. The molecule has 5 rings (SSSR count). The Labute approximate surface area is 286 Å². The Morgan fingerprint density at radius 2 is 1.04 bits per heavy atom. The van der Waals surface area contributed by atoms with Crippen molar-refractivity contribution in [3.8, 4) is 0 Å². The van der Waals surface area contributed by atoms with Crippen LogP contribution in [0.5, 0.6) is 0 Å². The quantitative estimate of drug-likeness (QED) is 0.0874. The van der Waals surface area contributed by atoms with E-state index in [-0.39, 0.29) is 28.4 Å². The first-order chi connectivity index (χ1) is 22.4. The van der Waals surface area contributed by atoms with Gasteiger partial charge in [-0.25, -0.2) is 0 Å². The van der Waals surface area contributed by atoms with E-state index in [2.05, 4.69) is 176 Å². The number of rotatable bonds is 12. The molecule has 5 heteroatoms. The highest BCUT2D eigenvalue weighted by atomic mass is 28.4. The molecule has 248 valence electrons. The van der Waals surface area contributed by atoms with E-state index < -0.39 is 16.6 Å². The van der Waals surface area contributed by atoms with Gasteiger partial charge in [-0.2, -0.15) is 0 Å². The molecular formula is C42H54O3Si2. The van der Waals surface area contributed by atoms with Gasteiger partial charge >= 0.3 is 0 Å². The second-order valence-electron chi connectivity index (χ2n) is 15.2. The molecule has 1 aliphatic rings. The minimum atomic E-state index is -2.68. The molecule has 4 aromatic carbocycles. The van der Waals surface area contributed by atoms with Crippen LogP contribution in [-0.4, -0.2) is 41.6 Å². The summed E-state index contributed by atoms with van der Waals surface area (Å²) in [6.45, 7) is 21.4. The van der Waals surface area contributed by atoms with Crippen LogP contribution >= 0.6 is 0 Å². The summed E-state index contributed by atoms with van der Waals surface area (Å²) in [5, 5.41) is 5.09. The van der Waals surface area contributed by atoms with Gasteiger partial charge in [-0.15, -0.1) is 0 Å². The van der Waals surface area contributed by atoms with Crippen LogP contribution in [0.2, 0.25) is 10.1 Å². The molecule has 0 N–H and O–H groups in total. The van der Waals surface area contributed by atoms with Crippen LogP contribution in [0, 0.1) is 0 Å². The van der Waals surface area contributed by atoms with Gasteiger partial charge in [0.2, 0.25) is 0 Å². The van der Waals surface area contributed by atoms with E-state index in [0.29, 0.717) is 6.61 Å². The molecule has 47 heavy (non-hydrogen) atoms. The molecule has 3 atom stereocenters. The van der Waals surface area contributed by atoms with Crippen molar-refractivity contribution in [2.75, 3.05) is 6.61 Å². The fraction of sp³-hybridized carbons (Fsp3) is 0.381. The highest BCUT2D eigenvalue weighted by Crippen LogP contribution is 2.40. The van der Waals surface area contributed by atoms with Crippen LogP contribution in [0.25, 0.3) is 0 Å². The fourth-order valence-corrected chi connectivity index (χ4v) is 16.9. The van der Waals surface area contributed by atoms with Gasteiger partial charge in [0.1, 0.15) is 0 Å². The van der Waals surface area contributed by atoms with Gasteiger partial charge in [-0.05, 0) is 62.6 Å². The van der Waals surface area contributed by atoms with E-state index in [4.69, 9.17) is 13.6 Å². The first kappa shape index (κ1) is 35.2. The summed E-state index contributed by atoms with van der Waals surface area (Å²) in [5.41, 5.74) is 1.17. The number of hydrogen-bond acceptors (Lipinski definition) is 3. The first-order valence-corrected chi connectivity index (χ1v) is 21.1. The van der Waals surface area contributed by atoms with Crippen molar-refractivity contribution in [1.29, 1.82) is 0 Å². The molecule has 1 saturated heterocycles. The van der Waals surface area contributed by atoms with E-state index in [1.54, 1.807) is 0 Å². The topological polar surface area (TPSA) is 27.7 Å². The van der Waals surface area contributed by atoms with Crippen LogP contribution in [-0.2, 0) is 13.6 Å². The Bertz CT molecular complexity index is 1480. The molecule has 0 saturated carbocycles. The summed E-state index contributed by atoms with van der Waals surface area (Å²) < 4.78 is 21.4. The van der Waals surface area contributed by atoms with E-state index in [1.165, 1.54) is 26.3 Å². The lowest BCUT2D eigenvalue weighted by Crippen LogP contribution is -2.68. The van der Waals surface area contributed by atoms with Crippen molar-refractivity contribution < 1.29 is 13.6 Å². The first-order valence-electron chi connectivity index (χ1n) is 17.3. The lowest BCUT2D eigenvalue weighted by molar-refractivity contribution is -0.0205. The summed E-state index contributed by atoms with van der Waals surface area (Å²) in [5.74, 6) is 0. The largest absolute Gasteiger partial charge is 0.407 e. The maximum absolute atomic E-state index is 7.41. The van der Waals surface area contributed by atoms with Gasteiger partial charge in [0.25, 0.3) is 16.6 Å². The Kier molecular flexibility index (Phi) is 10.9. The Hall–Kier alpha value is -3.07. The molecule has 1 aliphatic heterocycles. The maximum Gasteiger partial charge on any atom is 0.261 e. The third kappa shape index (κ3) is 7.20. The average Bonchev–Trinajstić information content (AvgIpc) is 3.44. The maximum atomic E-state index is 7.41. The smallest absolute Gasteiger partial charge is 0.261 e. The van der Waals surface area contributed by atoms with E-state index in [0.717, 1.165) is 19.3 Å². The SMILES string of the molecule is C=C1C[C@H]([C@H](C)O[Si](c2ccccc2)(c2ccccc2)C(C)(C)C)O[C@@H]1CCCO[Si](c1ccccc1)(c1ccccc1)C(C)(C)C. The second kappa shape index (κ2) is 14.6. The van der Waals surface area contributed by atoms with Crippen molar-refractivity contribution in [1.82, 2.24) is 0 Å². The normalized spacial score (nSPS) is 18.3. The zero-order chi connectivity index (χ0) is 33.7. The predicted molar refractivity (Wildman–Crippen MR) is 203 cm³/mol. The zero-order valence-corrected chi connectivity index (χ0v) is 31.5. The van der Waals surface area contributed by atoms with E-state index in [1.807, 2.05) is 0 Å². The van der Waals surface area contributed by atoms with Crippen LogP contribution < -0.4 is 20.7 Å². The van der Waals surface area contributed by atoms with Crippen LogP contribution in [0.3, 0.4) is 0 Å². The standard InChI is InChI=1S/C42H54O3Si2/c1-33-32-40(34(2)45-47(42(6,7)8,37-26-17-11-18-27-37)38-28-19-12-20-29-38)44-39(33)30-21-31-43-46(41(3,4)5,35-22-13-9-14-23-35)36-24-15-10-16-25-36/h9-20,22-29,34,39-40H,1,21,30-32H2,2-8H3/t34-,39+,40+/m0/s1. The molecule has 0 aliphatic carbocycles. The summed E-state index contributed by atoms with van der Waals surface area (Å²) in [4.78, 5) is 0. The van der Waals surface area contributed by atoms with E-state index >= 15 is 0 Å². The molecular weight excluding hydrogens is 609 g/mol. The number of benzene rings is 4. The van der Waals surface area contributed by atoms with Gasteiger partial charge in [0, 0.05) is 6.61 Å². The molecule has 0 spiro atoms. The van der Waals surface area contributed by atoms with Crippen molar-refractivity contribution in [3.63, 3.8) is 0 Å². The molecule has 1 fully saturated rings. The lowest BCUT2D eigenvalue weighted by atomic mass is 10.0. The molecule has 0 amide bonds. The molecule has 3 nitrogen and oxygen atoms in total. The van der Waals surface area contributed by atoms with Crippen LogP contribution in [0.4, 0.5) is 0 Å². The number of hydrogen-bond donors (Lipinski definition) is 0. The van der Waals surface area contributed by atoms with E-state index in [9.17, 15) is 0 Å². The Morgan fingerprint density at radius 3 is 1.43 bits per heavy atom. The third-order valence-corrected chi connectivity index (χ3v) is 20.1. The van der Waals surface area contributed by atoms with Crippen molar-refractivity contribution in [3.05, 3.63) is 133 Å². The fourth-order valence-electron chi connectivity index (χ4n) is 7.60. The van der Waals surface area contributed by atoms with Crippen molar-refractivity contribution in [2.45, 2.75) is 96.1 Å². The summed E-state index contributed by atoms with van der Waals surface area (Å²) in [6.07, 6.45) is 2.50. The highest BCUT2D eigenvalue weighted by Gasteiger charge is 2.53. The van der Waals surface area contributed by atoms with Gasteiger partial charge in [0.05, 0.1) is 18.3 Å². The minimum absolute atomic E-state index is 0.00737. The summed E-state index contributed by atoms with van der Waals surface area (Å²) in [7, 11) is -5.25. The lowest BCUT2D eigenvalue weighted by Gasteiger charge is -2.45. The van der Waals surface area contributed by atoms with Gasteiger partial charge < -0.3 is 13.6 Å². The molecule has 1 heterocycles. The predicted octanol–water partition coefficient (Wildman–Crippen LogP) is 8.02. The Balaban J connectivity index is 1.31. The van der Waals surface area contributed by atoms with Gasteiger partial charge in [-0.1, -0.05) is 169 Å². The van der Waals surface area contributed by atoms with Gasteiger partial charge in [-0.3, -0.25) is 0 Å². The minimum Gasteiger partial charge on any atom is -0.407 e. The van der Waals surface area contributed by atoms with Crippen molar-refractivity contribution in [2.24, 2.45) is 0 Å². The molecule has 0 aromatic heterocycles. The van der Waals surface area contributed by atoms with Crippen LogP contribution in [0.1, 0.15) is 67.7 Å². The summed E-state index contributed by atoms with van der Waals surface area (Å²) in [6, 6.07) is 43.5. The second-order valence-corrected chi connectivity index (χ2v) is 23.7. The molecule has 4 aromatic rings. The number of ether oxygens (including phenoxy) is 1. The average molecular weight is 663 g/mol. The van der Waals surface area contributed by atoms with Crippen molar-refractivity contribution >= 4 is 37.4 Å². The van der Waals surface area contributed by atoms with Gasteiger partial charge in [0.15, 0.2) is 0 Å². The third-order valence-electron chi connectivity index (χ3n) is 9.91. The molecule has 0 radical (unpaired) electrons. The van der Waals surface area contributed by atoms with Crippen LogP contribution in [0.15, 0.2) is 133 Å². The molecule has 0 bridgehead atoms. The Morgan fingerprint density at radius 1 is 0.660 bits per heavy atom. The highest BCUT2D eigenvalue weighted by molar-refractivity contribution is 7.00. The molecule has 0 unspecified atom stereocenters. The monoisotopic (exact) mass is 662 g/mol.